The van der Waals surface area contributed by atoms with Gasteiger partial charge >= 0.3 is 5.97 Å². The molecular formula is C18H13N3O4. The van der Waals surface area contributed by atoms with Gasteiger partial charge in [0.05, 0.1) is 6.20 Å². The van der Waals surface area contributed by atoms with Crippen LogP contribution in [-0.4, -0.2) is 33.0 Å². The third kappa shape index (κ3) is 2.55. The van der Waals surface area contributed by atoms with Gasteiger partial charge in [-0.05, 0) is 19.1 Å². The fourth-order valence-electron chi connectivity index (χ4n) is 2.69. The van der Waals surface area contributed by atoms with Crippen molar-refractivity contribution in [3.05, 3.63) is 65.8 Å². The van der Waals surface area contributed by atoms with Crippen molar-refractivity contribution in [1.82, 2.24) is 14.6 Å². The number of hydrogen-bond donors (Lipinski definition) is 0. The average molecular weight is 335 g/mol. The Bertz CT molecular complexity index is 1110. The smallest absolute Gasteiger partial charge is 0.344 e. The SMILES string of the molecule is Cc1c(C(=O)COC(=O)c2cnn3cccnc23)oc2ccccc12. The first-order valence-electron chi connectivity index (χ1n) is 7.62. The highest BCUT2D eigenvalue weighted by Crippen LogP contribution is 2.25. The van der Waals surface area contributed by atoms with Crippen LogP contribution in [0.2, 0.25) is 0 Å². The zero-order valence-corrected chi connectivity index (χ0v) is 13.3. The van der Waals surface area contributed by atoms with Crippen LogP contribution in [0.15, 0.2) is 53.3 Å². The van der Waals surface area contributed by atoms with Crippen LogP contribution in [0.1, 0.15) is 26.5 Å². The van der Waals surface area contributed by atoms with Gasteiger partial charge in [-0.1, -0.05) is 18.2 Å². The summed E-state index contributed by atoms with van der Waals surface area (Å²) in [6, 6.07) is 9.06. The Morgan fingerprint density at radius 1 is 1.24 bits per heavy atom. The van der Waals surface area contributed by atoms with Gasteiger partial charge in [0.15, 0.2) is 18.0 Å². The van der Waals surface area contributed by atoms with Gasteiger partial charge in [0.1, 0.15) is 11.1 Å². The lowest BCUT2D eigenvalue weighted by Crippen LogP contribution is -2.14. The molecule has 0 saturated heterocycles. The molecule has 1 aromatic carbocycles. The second kappa shape index (κ2) is 5.86. The molecule has 3 aromatic heterocycles. The molecule has 25 heavy (non-hydrogen) atoms. The molecule has 4 aromatic rings. The summed E-state index contributed by atoms with van der Waals surface area (Å²) in [6.45, 7) is 1.39. The van der Waals surface area contributed by atoms with Gasteiger partial charge in [0.2, 0.25) is 5.78 Å². The van der Waals surface area contributed by atoms with Crippen molar-refractivity contribution in [2.75, 3.05) is 6.61 Å². The first kappa shape index (κ1) is 15.1. The van der Waals surface area contributed by atoms with E-state index in [4.69, 9.17) is 9.15 Å². The second-order valence-electron chi connectivity index (χ2n) is 5.50. The zero-order valence-electron chi connectivity index (χ0n) is 13.3. The van der Waals surface area contributed by atoms with Crippen LogP contribution in [-0.2, 0) is 4.74 Å². The first-order chi connectivity index (χ1) is 12.1. The summed E-state index contributed by atoms with van der Waals surface area (Å²) in [7, 11) is 0. The van der Waals surface area contributed by atoms with E-state index in [0.29, 0.717) is 11.2 Å². The standard InChI is InChI=1S/C18H13N3O4/c1-11-12-5-2-3-6-15(12)25-16(11)14(22)10-24-18(23)13-9-20-21-8-4-7-19-17(13)21/h2-9H,10H2,1H3. The Morgan fingerprint density at radius 3 is 2.92 bits per heavy atom. The Morgan fingerprint density at radius 2 is 2.08 bits per heavy atom. The Hall–Kier alpha value is -3.48. The molecule has 0 aliphatic carbocycles. The van der Waals surface area contributed by atoms with Crippen molar-refractivity contribution >= 4 is 28.4 Å². The van der Waals surface area contributed by atoms with Gasteiger partial charge in [0.25, 0.3) is 0 Å². The van der Waals surface area contributed by atoms with Crippen LogP contribution in [0.5, 0.6) is 0 Å². The highest BCUT2D eigenvalue weighted by atomic mass is 16.5. The van der Waals surface area contributed by atoms with Crippen molar-refractivity contribution in [2.24, 2.45) is 0 Å². The maximum atomic E-state index is 12.4. The third-order valence-electron chi connectivity index (χ3n) is 3.93. The predicted octanol–water partition coefficient (Wildman–Crippen LogP) is 2.82. The molecule has 3 heterocycles. The number of benzene rings is 1. The number of nitrogens with zero attached hydrogens (tertiary/aromatic N) is 3. The number of para-hydroxylation sites is 1. The number of aryl methyl sites for hydroxylation is 1. The van der Waals surface area contributed by atoms with E-state index in [1.165, 1.54) is 10.7 Å². The third-order valence-corrected chi connectivity index (χ3v) is 3.93. The predicted molar refractivity (Wildman–Crippen MR) is 88.6 cm³/mol. The fourth-order valence-corrected chi connectivity index (χ4v) is 2.69. The van der Waals surface area contributed by atoms with E-state index in [0.717, 1.165) is 10.9 Å². The molecule has 0 N–H and O–H groups in total. The molecule has 0 amide bonds. The van der Waals surface area contributed by atoms with E-state index in [9.17, 15) is 9.59 Å². The highest BCUT2D eigenvalue weighted by molar-refractivity contribution is 6.03. The maximum absolute atomic E-state index is 12.4. The van der Waals surface area contributed by atoms with Crippen molar-refractivity contribution in [3.63, 3.8) is 0 Å². The van der Waals surface area contributed by atoms with Crippen LogP contribution in [0.4, 0.5) is 0 Å². The van der Waals surface area contributed by atoms with Crippen LogP contribution >= 0.6 is 0 Å². The molecule has 7 heteroatoms. The van der Waals surface area contributed by atoms with Gasteiger partial charge in [-0.3, -0.25) is 4.79 Å². The van der Waals surface area contributed by atoms with Gasteiger partial charge in [-0.2, -0.15) is 5.10 Å². The summed E-state index contributed by atoms with van der Waals surface area (Å²) < 4.78 is 12.2. The zero-order chi connectivity index (χ0) is 17.4. The number of ketones is 1. The van der Waals surface area contributed by atoms with Crippen molar-refractivity contribution in [2.45, 2.75) is 6.92 Å². The number of Topliss-reactive ketones (excluding diaryl/α,β-unsaturated/α-hetero) is 1. The lowest BCUT2D eigenvalue weighted by atomic mass is 10.1. The molecule has 4 rings (SSSR count). The Balaban J connectivity index is 1.53. The van der Waals surface area contributed by atoms with E-state index in [1.807, 2.05) is 18.2 Å². The van der Waals surface area contributed by atoms with Crippen LogP contribution in [0.3, 0.4) is 0 Å². The molecule has 0 saturated carbocycles. The minimum Gasteiger partial charge on any atom is -0.453 e. The van der Waals surface area contributed by atoms with E-state index >= 15 is 0 Å². The van der Waals surface area contributed by atoms with Gasteiger partial charge in [0, 0.05) is 23.3 Å². The van der Waals surface area contributed by atoms with Gasteiger partial charge in [-0.15, -0.1) is 0 Å². The quantitative estimate of drug-likeness (QED) is 0.421. The number of ether oxygens (including phenoxy) is 1. The van der Waals surface area contributed by atoms with Gasteiger partial charge in [-0.25, -0.2) is 14.3 Å². The molecule has 0 unspecified atom stereocenters. The molecule has 0 aliphatic rings. The molecule has 0 fully saturated rings. The normalized spacial score (nSPS) is 11.1. The number of aromatic nitrogens is 3. The molecule has 124 valence electrons. The van der Waals surface area contributed by atoms with Crippen LogP contribution in [0.25, 0.3) is 16.6 Å². The monoisotopic (exact) mass is 335 g/mol. The lowest BCUT2D eigenvalue weighted by Gasteiger charge is -2.02. The summed E-state index contributed by atoms with van der Waals surface area (Å²) in [5.41, 5.74) is 1.94. The van der Waals surface area contributed by atoms with E-state index in [1.54, 1.807) is 31.5 Å². The molecule has 0 atom stereocenters. The van der Waals surface area contributed by atoms with Crippen LogP contribution < -0.4 is 0 Å². The number of furan rings is 1. The minimum atomic E-state index is -0.657. The largest absolute Gasteiger partial charge is 0.453 e. The summed E-state index contributed by atoms with van der Waals surface area (Å²) in [6.07, 6.45) is 4.58. The fraction of sp³-hybridized carbons (Fsp3) is 0.111. The summed E-state index contributed by atoms with van der Waals surface area (Å²) in [5.74, 6) is -0.853. The van der Waals surface area contributed by atoms with Crippen molar-refractivity contribution in [3.8, 4) is 0 Å². The number of esters is 1. The number of carbonyl (C=O) groups is 2. The molecule has 7 nitrogen and oxygen atoms in total. The topological polar surface area (TPSA) is 86.7 Å². The van der Waals surface area contributed by atoms with Crippen molar-refractivity contribution < 1.29 is 18.7 Å². The Labute approximate surface area is 141 Å². The highest BCUT2D eigenvalue weighted by Gasteiger charge is 2.21. The Kier molecular flexibility index (Phi) is 3.53. The lowest BCUT2D eigenvalue weighted by molar-refractivity contribution is 0.0469. The average Bonchev–Trinajstić information content (AvgIpc) is 3.21. The van der Waals surface area contributed by atoms with Crippen molar-refractivity contribution in [1.29, 1.82) is 0 Å². The number of rotatable bonds is 4. The summed E-state index contributed by atoms with van der Waals surface area (Å²) >= 11 is 0. The minimum absolute atomic E-state index is 0.201. The first-order valence-corrected chi connectivity index (χ1v) is 7.62. The second-order valence-corrected chi connectivity index (χ2v) is 5.50. The van der Waals surface area contributed by atoms with Gasteiger partial charge < -0.3 is 9.15 Å². The van der Waals surface area contributed by atoms with E-state index < -0.39 is 18.4 Å². The summed E-state index contributed by atoms with van der Waals surface area (Å²) in [5, 5.41) is 4.88. The molecule has 0 bridgehead atoms. The number of carbonyl (C=O) groups excluding carboxylic acids is 2. The molecular weight excluding hydrogens is 322 g/mol. The molecule has 0 aliphatic heterocycles. The number of hydrogen-bond acceptors (Lipinski definition) is 6. The number of fused-ring (bicyclic) bond motifs is 2. The maximum Gasteiger partial charge on any atom is 0.344 e. The van der Waals surface area contributed by atoms with Crippen LogP contribution in [0, 0.1) is 6.92 Å². The van der Waals surface area contributed by atoms with E-state index in [-0.39, 0.29) is 11.3 Å². The molecule has 0 radical (unpaired) electrons. The summed E-state index contributed by atoms with van der Waals surface area (Å²) in [4.78, 5) is 28.7. The van der Waals surface area contributed by atoms with E-state index in [2.05, 4.69) is 10.1 Å². The molecule has 0 spiro atoms.